The predicted octanol–water partition coefficient (Wildman–Crippen LogP) is 6.44. The maximum atomic E-state index is 10.5. The topological polar surface area (TPSA) is 40.5 Å². The van der Waals surface area contributed by atoms with Crippen molar-refractivity contribution in [3.63, 3.8) is 0 Å². The van der Waals surface area contributed by atoms with E-state index in [-0.39, 0.29) is 12.2 Å². The molecule has 0 saturated heterocycles. The summed E-state index contributed by atoms with van der Waals surface area (Å²) in [6, 6.07) is 0. The monoisotopic (exact) mass is 416 g/mol. The molecule has 8 aliphatic rings. The first-order valence-corrected chi connectivity index (χ1v) is 13.5. The molecule has 0 aliphatic heterocycles. The standard InChI is InChI=1S/2C14H24O/c2*1-9(2)13(15)14-6-10-3-11(7-14)5-12(4-10)8-14/h2*9-13,15H,3-8H2,1-2H3. The summed E-state index contributed by atoms with van der Waals surface area (Å²) in [7, 11) is 0. The van der Waals surface area contributed by atoms with Gasteiger partial charge in [0.15, 0.2) is 0 Å². The fourth-order valence-corrected chi connectivity index (χ4v) is 10.5. The first kappa shape index (κ1) is 21.7. The van der Waals surface area contributed by atoms with Gasteiger partial charge in [-0.1, -0.05) is 27.7 Å². The molecule has 2 nitrogen and oxygen atoms in total. The number of rotatable bonds is 4. The summed E-state index contributed by atoms with van der Waals surface area (Å²) < 4.78 is 0. The molecule has 8 rings (SSSR count). The molecule has 0 amide bonds. The van der Waals surface area contributed by atoms with Crippen LogP contribution in [0.25, 0.3) is 0 Å². The van der Waals surface area contributed by atoms with E-state index in [4.69, 9.17) is 0 Å². The molecule has 8 bridgehead atoms. The second-order valence-electron chi connectivity index (χ2n) is 13.9. The predicted molar refractivity (Wildman–Crippen MR) is 123 cm³/mol. The van der Waals surface area contributed by atoms with E-state index < -0.39 is 0 Å². The molecule has 2 unspecified atom stereocenters. The minimum absolute atomic E-state index is 0.0362. The SMILES string of the molecule is CC(C)C(O)C12CC3CC(CC(C3)C1)C2.CC(C)C(O)C12CC3CC(CC(C3)C1)C2. The second-order valence-corrected chi connectivity index (χ2v) is 13.9. The minimum atomic E-state index is -0.0362. The van der Waals surface area contributed by atoms with Crippen LogP contribution in [-0.4, -0.2) is 22.4 Å². The highest BCUT2D eigenvalue weighted by molar-refractivity contribution is 5.05. The fourth-order valence-electron chi connectivity index (χ4n) is 10.5. The third-order valence-electron chi connectivity index (χ3n) is 10.7. The van der Waals surface area contributed by atoms with E-state index in [9.17, 15) is 10.2 Å². The Bertz CT molecular complexity index is 496. The van der Waals surface area contributed by atoms with E-state index in [1.165, 1.54) is 77.0 Å². The Hall–Kier alpha value is -0.0800. The van der Waals surface area contributed by atoms with Crippen molar-refractivity contribution in [3.8, 4) is 0 Å². The molecule has 8 aliphatic carbocycles. The van der Waals surface area contributed by atoms with Gasteiger partial charge in [-0.2, -0.15) is 0 Å². The highest BCUT2D eigenvalue weighted by Crippen LogP contribution is 2.63. The smallest absolute Gasteiger partial charge is 0.0619 e. The van der Waals surface area contributed by atoms with Crippen LogP contribution < -0.4 is 0 Å². The summed E-state index contributed by atoms with van der Waals surface area (Å²) in [6.45, 7) is 8.74. The minimum Gasteiger partial charge on any atom is -0.392 e. The van der Waals surface area contributed by atoms with Gasteiger partial charge in [-0.05, 0) is 135 Å². The van der Waals surface area contributed by atoms with Gasteiger partial charge in [0.05, 0.1) is 12.2 Å². The van der Waals surface area contributed by atoms with Gasteiger partial charge in [0, 0.05) is 0 Å². The van der Waals surface area contributed by atoms with Crippen molar-refractivity contribution in [2.75, 3.05) is 0 Å². The second kappa shape index (κ2) is 7.75. The summed E-state index contributed by atoms with van der Waals surface area (Å²) >= 11 is 0. The molecule has 0 aromatic rings. The van der Waals surface area contributed by atoms with Crippen molar-refractivity contribution in [1.29, 1.82) is 0 Å². The Morgan fingerprint density at radius 1 is 0.467 bits per heavy atom. The third-order valence-corrected chi connectivity index (χ3v) is 10.7. The average molecular weight is 417 g/mol. The first-order valence-electron chi connectivity index (χ1n) is 13.5. The van der Waals surface area contributed by atoms with Crippen LogP contribution in [-0.2, 0) is 0 Å². The number of hydrogen-bond donors (Lipinski definition) is 2. The van der Waals surface area contributed by atoms with Crippen molar-refractivity contribution >= 4 is 0 Å². The summed E-state index contributed by atoms with van der Waals surface area (Å²) in [5.41, 5.74) is 0.672. The van der Waals surface area contributed by atoms with Gasteiger partial charge in [0.25, 0.3) is 0 Å². The number of aliphatic hydroxyl groups is 2. The van der Waals surface area contributed by atoms with Crippen molar-refractivity contribution in [3.05, 3.63) is 0 Å². The summed E-state index contributed by atoms with van der Waals surface area (Å²) in [5, 5.41) is 21.0. The molecule has 0 aromatic carbocycles. The largest absolute Gasteiger partial charge is 0.392 e. The van der Waals surface area contributed by atoms with Gasteiger partial charge in [0.1, 0.15) is 0 Å². The molecule has 0 radical (unpaired) electrons. The van der Waals surface area contributed by atoms with Crippen LogP contribution in [0.5, 0.6) is 0 Å². The Balaban J connectivity index is 0.000000128. The Morgan fingerprint density at radius 3 is 0.833 bits per heavy atom. The van der Waals surface area contributed by atoms with Gasteiger partial charge in [-0.15, -0.1) is 0 Å². The molecule has 172 valence electrons. The maximum Gasteiger partial charge on any atom is 0.0619 e. The molecule has 2 atom stereocenters. The van der Waals surface area contributed by atoms with E-state index >= 15 is 0 Å². The highest BCUT2D eigenvalue weighted by atomic mass is 16.3. The zero-order chi connectivity index (χ0) is 21.3. The molecule has 0 aromatic heterocycles. The fraction of sp³-hybridized carbons (Fsp3) is 1.00. The normalized spacial score (nSPS) is 50.0. The number of hydrogen-bond acceptors (Lipinski definition) is 2. The lowest BCUT2D eigenvalue weighted by Gasteiger charge is -2.59. The van der Waals surface area contributed by atoms with Crippen LogP contribution in [0.4, 0.5) is 0 Å². The van der Waals surface area contributed by atoms with Crippen molar-refractivity contribution < 1.29 is 10.2 Å². The summed E-state index contributed by atoms with van der Waals surface area (Å²) in [6.07, 6.45) is 16.8. The van der Waals surface area contributed by atoms with Gasteiger partial charge < -0.3 is 10.2 Å². The van der Waals surface area contributed by atoms with Crippen molar-refractivity contribution in [2.24, 2.45) is 58.2 Å². The lowest BCUT2D eigenvalue weighted by Crippen LogP contribution is -2.53. The maximum absolute atomic E-state index is 10.5. The molecule has 0 spiro atoms. The molecular formula is C28H48O2. The van der Waals surface area contributed by atoms with Gasteiger partial charge in [0.2, 0.25) is 0 Å². The molecule has 8 fully saturated rings. The van der Waals surface area contributed by atoms with E-state index in [0.29, 0.717) is 22.7 Å². The van der Waals surface area contributed by atoms with E-state index in [0.717, 1.165) is 35.5 Å². The molecular weight excluding hydrogens is 368 g/mol. The zero-order valence-corrected chi connectivity index (χ0v) is 20.2. The Morgan fingerprint density at radius 2 is 0.667 bits per heavy atom. The van der Waals surface area contributed by atoms with Crippen LogP contribution in [0.1, 0.15) is 105 Å². The Kier molecular flexibility index (Phi) is 5.62. The Labute approximate surface area is 185 Å². The zero-order valence-electron chi connectivity index (χ0n) is 20.2. The number of aliphatic hydroxyl groups excluding tert-OH is 2. The van der Waals surface area contributed by atoms with Gasteiger partial charge in [-0.3, -0.25) is 0 Å². The third kappa shape index (κ3) is 3.70. The molecule has 8 saturated carbocycles. The van der Waals surface area contributed by atoms with Gasteiger partial charge in [-0.25, -0.2) is 0 Å². The van der Waals surface area contributed by atoms with Crippen LogP contribution in [0.3, 0.4) is 0 Å². The van der Waals surface area contributed by atoms with Crippen LogP contribution >= 0.6 is 0 Å². The first-order chi connectivity index (χ1) is 14.2. The lowest BCUT2D eigenvalue weighted by atomic mass is 9.47. The molecule has 30 heavy (non-hydrogen) atoms. The molecule has 0 heterocycles. The average Bonchev–Trinajstić information content (AvgIpc) is 2.65. The van der Waals surface area contributed by atoms with Crippen LogP contribution in [0.15, 0.2) is 0 Å². The van der Waals surface area contributed by atoms with E-state index in [1.54, 1.807) is 0 Å². The highest BCUT2D eigenvalue weighted by Gasteiger charge is 2.55. The summed E-state index contributed by atoms with van der Waals surface area (Å²) in [5.74, 6) is 6.67. The lowest BCUT2D eigenvalue weighted by molar-refractivity contribution is -0.133. The van der Waals surface area contributed by atoms with Crippen molar-refractivity contribution in [1.82, 2.24) is 0 Å². The molecule has 2 heteroatoms. The quantitative estimate of drug-likeness (QED) is 0.553. The van der Waals surface area contributed by atoms with Crippen LogP contribution in [0.2, 0.25) is 0 Å². The van der Waals surface area contributed by atoms with Crippen molar-refractivity contribution in [2.45, 2.75) is 117 Å². The molecule has 2 N–H and O–H groups in total. The van der Waals surface area contributed by atoms with E-state index in [2.05, 4.69) is 27.7 Å². The summed E-state index contributed by atoms with van der Waals surface area (Å²) in [4.78, 5) is 0. The van der Waals surface area contributed by atoms with Crippen LogP contribution in [0, 0.1) is 58.2 Å². The van der Waals surface area contributed by atoms with Gasteiger partial charge >= 0.3 is 0 Å². The van der Waals surface area contributed by atoms with E-state index in [1.807, 2.05) is 0 Å².